The molecule has 2 atom stereocenters. The molecule has 0 radical (unpaired) electrons. The van der Waals surface area contributed by atoms with Crippen LogP contribution in [0.3, 0.4) is 0 Å². The molecule has 0 spiro atoms. The van der Waals surface area contributed by atoms with Crippen molar-refractivity contribution in [2.75, 3.05) is 18.1 Å². The molecule has 100 valence electrons. The van der Waals surface area contributed by atoms with Gasteiger partial charge in [0.15, 0.2) is 0 Å². The molecule has 2 rings (SSSR count). The number of aryl methyl sites for hydroxylation is 1. The Morgan fingerprint density at radius 3 is 2.61 bits per heavy atom. The van der Waals surface area contributed by atoms with Gasteiger partial charge in [-0.05, 0) is 54.4 Å². The van der Waals surface area contributed by atoms with E-state index in [2.05, 4.69) is 55.2 Å². The van der Waals surface area contributed by atoms with Gasteiger partial charge in [-0.3, -0.25) is 0 Å². The lowest BCUT2D eigenvalue weighted by Gasteiger charge is -2.20. The Hall–Kier alpha value is -0.470. The highest BCUT2D eigenvalue weighted by molar-refractivity contribution is 7.99. The molecule has 1 fully saturated rings. The summed E-state index contributed by atoms with van der Waals surface area (Å²) < 4.78 is 0. The molecule has 0 aromatic heterocycles. The highest BCUT2D eigenvalue weighted by Crippen LogP contribution is 2.24. The molecule has 0 amide bonds. The van der Waals surface area contributed by atoms with Crippen LogP contribution in [0.2, 0.25) is 0 Å². The number of benzene rings is 1. The molecule has 1 aliphatic heterocycles. The van der Waals surface area contributed by atoms with Gasteiger partial charge in [-0.2, -0.15) is 11.8 Å². The van der Waals surface area contributed by atoms with Crippen molar-refractivity contribution in [2.24, 2.45) is 5.92 Å². The fourth-order valence-electron chi connectivity index (χ4n) is 2.54. The molecule has 0 bridgehead atoms. The van der Waals surface area contributed by atoms with Crippen LogP contribution in [0, 0.1) is 5.92 Å². The Bertz CT molecular complexity index is 341. The summed E-state index contributed by atoms with van der Waals surface area (Å²) in [6, 6.07) is 9.66. The Kier molecular flexibility index (Phi) is 5.58. The quantitative estimate of drug-likeness (QED) is 0.831. The van der Waals surface area contributed by atoms with Gasteiger partial charge in [-0.15, -0.1) is 0 Å². The van der Waals surface area contributed by atoms with E-state index in [1.165, 1.54) is 42.0 Å². The van der Waals surface area contributed by atoms with Crippen LogP contribution in [0.25, 0.3) is 0 Å². The first kappa shape index (κ1) is 14.0. The molecule has 18 heavy (non-hydrogen) atoms. The molecule has 0 saturated carbocycles. The zero-order chi connectivity index (χ0) is 12.8. The van der Waals surface area contributed by atoms with Crippen LogP contribution in [-0.2, 0) is 6.42 Å². The summed E-state index contributed by atoms with van der Waals surface area (Å²) in [7, 11) is 0. The topological polar surface area (TPSA) is 12.0 Å². The van der Waals surface area contributed by atoms with E-state index in [9.17, 15) is 0 Å². The SMILES string of the molecule is CCc1ccc(C(CC)NCC2CCSC2)cc1. The van der Waals surface area contributed by atoms with E-state index in [1.807, 2.05) is 0 Å². The van der Waals surface area contributed by atoms with Gasteiger partial charge < -0.3 is 5.32 Å². The van der Waals surface area contributed by atoms with Gasteiger partial charge in [-0.1, -0.05) is 38.1 Å². The molecule has 2 unspecified atom stereocenters. The third-order valence-corrected chi connectivity index (χ3v) is 5.11. The number of rotatable bonds is 6. The minimum absolute atomic E-state index is 0.529. The highest BCUT2D eigenvalue weighted by atomic mass is 32.2. The number of thioether (sulfide) groups is 1. The molecular weight excluding hydrogens is 238 g/mol. The highest BCUT2D eigenvalue weighted by Gasteiger charge is 2.17. The third kappa shape index (κ3) is 3.76. The van der Waals surface area contributed by atoms with E-state index in [4.69, 9.17) is 0 Å². The van der Waals surface area contributed by atoms with Crippen LogP contribution in [0.4, 0.5) is 0 Å². The first-order valence-corrected chi connectivity index (χ1v) is 8.39. The maximum absolute atomic E-state index is 3.75. The van der Waals surface area contributed by atoms with Gasteiger partial charge in [0.05, 0.1) is 0 Å². The summed E-state index contributed by atoms with van der Waals surface area (Å²) >= 11 is 2.10. The van der Waals surface area contributed by atoms with Crippen LogP contribution in [-0.4, -0.2) is 18.1 Å². The Morgan fingerprint density at radius 1 is 1.28 bits per heavy atom. The van der Waals surface area contributed by atoms with E-state index < -0.39 is 0 Å². The molecule has 1 aromatic carbocycles. The lowest BCUT2D eigenvalue weighted by molar-refractivity contribution is 0.451. The second kappa shape index (κ2) is 7.20. The molecule has 0 aliphatic carbocycles. The average Bonchev–Trinajstić information content (AvgIpc) is 2.93. The first-order valence-electron chi connectivity index (χ1n) is 7.23. The van der Waals surface area contributed by atoms with E-state index in [-0.39, 0.29) is 0 Å². The van der Waals surface area contributed by atoms with Crippen molar-refractivity contribution >= 4 is 11.8 Å². The van der Waals surface area contributed by atoms with Crippen LogP contribution in [0.1, 0.15) is 43.9 Å². The van der Waals surface area contributed by atoms with Gasteiger partial charge in [-0.25, -0.2) is 0 Å². The fourth-order valence-corrected chi connectivity index (χ4v) is 3.82. The Labute approximate surface area is 116 Å². The number of nitrogens with one attached hydrogen (secondary N) is 1. The van der Waals surface area contributed by atoms with Gasteiger partial charge in [0.25, 0.3) is 0 Å². The summed E-state index contributed by atoms with van der Waals surface area (Å²) in [5, 5.41) is 3.75. The molecule has 1 nitrogen and oxygen atoms in total. The van der Waals surface area contributed by atoms with Crippen molar-refractivity contribution in [3.8, 4) is 0 Å². The first-order chi connectivity index (χ1) is 8.83. The normalized spacial score (nSPS) is 21.1. The second-order valence-electron chi connectivity index (χ2n) is 5.19. The summed E-state index contributed by atoms with van der Waals surface area (Å²) in [4.78, 5) is 0. The number of hydrogen-bond donors (Lipinski definition) is 1. The lowest BCUT2D eigenvalue weighted by Crippen LogP contribution is -2.27. The molecule has 2 heteroatoms. The van der Waals surface area contributed by atoms with Crippen molar-refractivity contribution in [1.82, 2.24) is 5.32 Å². The van der Waals surface area contributed by atoms with E-state index >= 15 is 0 Å². The average molecular weight is 263 g/mol. The van der Waals surface area contributed by atoms with Crippen molar-refractivity contribution in [1.29, 1.82) is 0 Å². The van der Waals surface area contributed by atoms with E-state index in [1.54, 1.807) is 0 Å². The minimum atomic E-state index is 0.529. The Morgan fingerprint density at radius 2 is 2.06 bits per heavy atom. The van der Waals surface area contributed by atoms with Crippen molar-refractivity contribution < 1.29 is 0 Å². The maximum Gasteiger partial charge on any atom is 0.0317 e. The zero-order valence-corrected chi connectivity index (χ0v) is 12.4. The minimum Gasteiger partial charge on any atom is -0.310 e. The monoisotopic (exact) mass is 263 g/mol. The maximum atomic E-state index is 3.75. The molecule has 1 aromatic rings. The summed E-state index contributed by atoms with van der Waals surface area (Å²) in [6.45, 7) is 5.66. The van der Waals surface area contributed by atoms with Gasteiger partial charge >= 0.3 is 0 Å². The summed E-state index contributed by atoms with van der Waals surface area (Å²) in [6.07, 6.45) is 3.69. The number of hydrogen-bond acceptors (Lipinski definition) is 2. The van der Waals surface area contributed by atoms with Gasteiger partial charge in [0, 0.05) is 6.04 Å². The van der Waals surface area contributed by atoms with E-state index in [0.717, 1.165) is 12.3 Å². The predicted molar refractivity (Wildman–Crippen MR) is 82.3 cm³/mol. The lowest BCUT2D eigenvalue weighted by atomic mass is 10.0. The zero-order valence-electron chi connectivity index (χ0n) is 11.6. The fraction of sp³-hybridized carbons (Fsp3) is 0.625. The van der Waals surface area contributed by atoms with Gasteiger partial charge in [0.2, 0.25) is 0 Å². The Balaban J connectivity index is 1.89. The van der Waals surface area contributed by atoms with Crippen LogP contribution in [0.15, 0.2) is 24.3 Å². The van der Waals surface area contributed by atoms with Crippen molar-refractivity contribution in [3.05, 3.63) is 35.4 Å². The van der Waals surface area contributed by atoms with Crippen LogP contribution >= 0.6 is 11.8 Å². The van der Waals surface area contributed by atoms with Crippen LogP contribution < -0.4 is 5.32 Å². The molecule has 1 N–H and O–H groups in total. The predicted octanol–water partition coefficient (Wildman–Crippen LogP) is 4.04. The molecule has 1 saturated heterocycles. The second-order valence-corrected chi connectivity index (χ2v) is 6.34. The summed E-state index contributed by atoms with van der Waals surface area (Å²) in [5.41, 5.74) is 2.88. The van der Waals surface area contributed by atoms with Crippen LogP contribution in [0.5, 0.6) is 0 Å². The molecular formula is C16H25NS. The van der Waals surface area contributed by atoms with E-state index in [0.29, 0.717) is 6.04 Å². The standard InChI is InChI=1S/C16H25NS/c1-3-13-5-7-15(8-6-13)16(4-2)17-11-14-9-10-18-12-14/h5-8,14,16-17H,3-4,9-12H2,1-2H3. The third-order valence-electron chi connectivity index (χ3n) is 3.88. The van der Waals surface area contributed by atoms with Crippen molar-refractivity contribution in [3.63, 3.8) is 0 Å². The van der Waals surface area contributed by atoms with Crippen molar-refractivity contribution in [2.45, 2.75) is 39.2 Å². The largest absolute Gasteiger partial charge is 0.310 e. The molecule has 1 aliphatic rings. The summed E-state index contributed by atoms with van der Waals surface area (Å²) in [5.74, 6) is 3.59. The van der Waals surface area contributed by atoms with Gasteiger partial charge in [0.1, 0.15) is 0 Å². The molecule has 1 heterocycles. The smallest absolute Gasteiger partial charge is 0.0317 e.